The molecule has 202 valence electrons. The van der Waals surface area contributed by atoms with Crippen molar-refractivity contribution in [1.82, 2.24) is 0 Å². The van der Waals surface area contributed by atoms with Gasteiger partial charge in [0.05, 0.1) is 26.4 Å². The molecular weight excluding hydrogens is 480 g/mol. The summed E-state index contributed by atoms with van der Waals surface area (Å²) in [5, 5.41) is 0. The van der Waals surface area contributed by atoms with E-state index >= 15 is 0 Å². The number of carbonyl (C=O) groups excluding carboxylic acids is 2. The number of rotatable bonds is 17. The van der Waals surface area contributed by atoms with E-state index in [1.54, 1.807) is 21.6 Å². The molecule has 10 heteroatoms. The Kier molecular flexibility index (Phi) is 16.8. The molecule has 0 aromatic heterocycles. The largest absolute Gasteiger partial charge is 0.458 e. The molecule has 0 saturated carbocycles. The van der Waals surface area contributed by atoms with E-state index in [0.29, 0.717) is 26.4 Å². The van der Waals surface area contributed by atoms with Gasteiger partial charge in [0.1, 0.15) is 35.3 Å². The second kappa shape index (κ2) is 17.0. The van der Waals surface area contributed by atoms with Crippen LogP contribution in [0.25, 0.3) is 0 Å². The molecule has 0 amide bonds. The first-order valence-electron chi connectivity index (χ1n) is 11.7. The molecule has 0 heterocycles. The summed E-state index contributed by atoms with van der Waals surface area (Å²) in [6, 6.07) is 0. The molecule has 0 aromatic rings. The molecule has 0 aliphatic carbocycles. The van der Waals surface area contributed by atoms with Crippen molar-refractivity contribution in [2.24, 2.45) is 11.8 Å². The fraction of sp³-hybridized carbons (Fsp3) is 0.917. The van der Waals surface area contributed by atoms with Crippen molar-refractivity contribution < 1.29 is 38.0 Å². The molecule has 0 radical (unpaired) electrons. The zero-order valence-electron chi connectivity index (χ0n) is 22.6. The van der Waals surface area contributed by atoms with Crippen LogP contribution in [0.2, 0.25) is 0 Å². The molecule has 0 spiro atoms. The summed E-state index contributed by atoms with van der Waals surface area (Å²) in [6.45, 7) is 20.5. The molecule has 0 saturated heterocycles. The van der Waals surface area contributed by atoms with Crippen molar-refractivity contribution in [2.45, 2.75) is 91.3 Å². The number of ether oxygens (including phenoxy) is 6. The highest BCUT2D eigenvalue weighted by Crippen LogP contribution is 2.38. The molecule has 8 nitrogen and oxygen atoms in total. The van der Waals surface area contributed by atoms with Crippen LogP contribution in [0.5, 0.6) is 0 Å². The minimum absolute atomic E-state index is 0.0524. The number of carbonyl (C=O) groups is 2. The van der Waals surface area contributed by atoms with Crippen molar-refractivity contribution in [1.29, 1.82) is 0 Å². The van der Waals surface area contributed by atoms with Crippen LogP contribution in [0.4, 0.5) is 0 Å². The molecule has 2 unspecified atom stereocenters. The van der Waals surface area contributed by atoms with Crippen LogP contribution in [-0.2, 0) is 38.0 Å². The van der Waals surface area contributed by atoms with Gasteiger partial charge in [-0.05, 0) is 53.4 Å². The topological polar surface area (TPSA) is 89.5 Å². The van der Waals surface area contributed by atoms with Gasteiger partial charge in [0.2, 0.25) is 0 Å². The second-order valence-corrected chi connectivity index (χ2v) is 12.9. The molecule has 2 atom stereocenters. The summed E-state index contributed by atoms with van der Waals surface area (Å²) in [5.41, 5.74) is -1.15. The van der Waals surface area contributed by atoms with Gasteiger partial charge < -0.3 is 28.4 Å². The Morgan fingerprint density at radius 2 is 0.941 bits per heavy atom. The molecule has 0 rings (SSSR count). The monoisotopic (exact) mass is 526 g/mol. The quantitative estimate of drug-likeness (QED) is 0.111. The first-order valence-corrected chi connectivity index (χ1v) is 14.0. The lowest BCUT2D eigenvalue weighted by Crippen LogP contribution is -2.27. The van der Waals surface area contributed by atoms with Gasteiger partial charge in [-0.25, -0.2) is 9.59 Å². The Hall–Kier alpha value is -0.520. The predicted molar refractivity (Wildman–Crippen MR) is 138 cm³/mol. The summed E-state index contributed by atoms with van der Waals surface area (Å²) in [5.74, 6) is -0.198. The van der Waals surface area contributed by atoms with E-state index in [-0.39, 0.29) is 47.9 Å². The number of esters is 2. The van der Waals surface area contributed by atoms with E-state index < -0.39 is 11.2 Å². The molecule has 34 heavy (non-hydrogen) atoms. The van der Waals surface area contributed by atoms with Crippen molar-refractivity contribution in [2.75, 3.05) is 39.6 Å². The van der Waals surface area contributed by atoms with Crippen molar-refractivity contribution in [3.05, 3.63) is 0 Å². The summed E-state index contributed by atoms with van der Waals surface area (Å²) in [4.78, 5) is 23.4. The van der Waals surface area contributed by atoms with Gasteiger partial charge in [-0.15, -0.1) is 0 Å². The van der Waals surface area contributed by atoms with Gasteiger partial charge in [-0.3, -0.25) is 0 Å². The summed E-state index contributed by atoms with van der Waals surface area (Å²) in [7, 11) is 3.24. The van der Waals surface area contributed by atoms with Crippen molar-refractivity contribution in [3.8, 4) is 0 Å². The first kappa shape index (κ1) is 33.5. The third kappa shape index (κ3) is 19.8. The van der Waals surface area contributed by atoms with Gasteiger partial charge in [-0.2, -0.15) is 0 Å². The van der Waals surface area contributed by atoms with Crippen LogP contribution in [0, 0.1) is 11.8 Å². The van der Waals surface area contributed by atoms with E-state index in [1.807, 2.05) is 41.5 Å². The average molecular weight is 527 g/mol. The Labute approximate surface area is 214 Å². The molecule has 0 aliphatic rings. The van der Waals surface area contributed by atoms with Crippen LogP contribution in [0.15, 0.2) is 0 Å². The second-order valence-electron chi connectivity index (χ2n) is 10.4. The minimum atomic E-state index is -0.521. The van der Waals surface area contributed by atoms with E-state index in [1.165, 1.54) is 0 Å². The van der Waals surface area contributed by atoms with Gasteiger partial charge in [0.25, 0.3) is 0 Å². The lowest BCUT2D eigenvalue weighted by Gasteiger charge is -2.25. The van der Waals surface area contributed by atoms with Crippen molar-refractivity contribution >= 4 is 33.5 Å². The third-order valence-electron chi connectivity index (χ3n) is 3.63. The Morgan fingerprint density at radius 3 is 1.21 bits per heavy atom. The van der Waals surface area contributed by atoms with Crippen LogP contribution in [0.1, 0.15) is 69.2 Å². The van der Waals surface area contributed by atoms with Crippen LogP contribution < -0.4 is 0 Å². The summed E-state index contributed by atoms with van der Waals surface area (Å²) < 4.78 is 33.1. The van der Waals surface area contributed by atoms with E-state index in [0.717, 1.165) is 0 Å². The zero-order chi connectivity index (χ0) is 26.4. The number of hydrogen-bond donors (Lipinski definition) is 0. The molecule has 0 aromatic carbocycles. The molecule has 0 aliphatic heterocycles. The normalized spacial score (nSPS) is 14.4. The van der Waals surface area contributed by atoms with Gasteiger partial charge >= 0.3 is 11.9 Å². The maximum Gasteiger partial charge on any atom is 0.332 e. The van der Waals surface area contributed by atoms with Gasteiger partial charge in [0, 0.05) is 0 Å². The number of hydrogen-bond acceptors (Lipinski definition) is 10. The maximum absolute atomic E-state index is 11.7. The Bertz CT molecular complexity index is 520. The molecular formula is C24H46O8S2. The lowest BCUT2D eigenvalue weighted by molar-refractivity contribution is -0.161. The van der Waals surface area contributed by atoms with Crippen LogP contribution in [0.3, 0.4) is 0 Å². The van der Waals surface area contributed by atoms with Crippen molar-refractivity contribution in [3.63, 3.8) is 0 Å². The highest BCUT2D eigenvalue weighted by molar-refractivity contribution is 8.77. The Balaban J connectivity index is 4.22. The standard InChI is InChI=1S/C24H46O8S2/c1-17(2)21(29-13-11-27-15-19(25)31-23(5,6)7)33-34-22(18(3)4)30-14-12-28-16-20(26)32-24(8,9)10/h17-18,21-22H,11-16H2,1-10H3. The van der Waals surface area contributed by atoms with Crippen LogP contribution in [-0.4, -0.2) is 73.7 Å². The Morgan fingerprint density at radius 1 is 0.618 bits per heavy atom. The van der Waals surface area contributed by atoms with Crippen LogP contribution >= 0.6 is 21.6 Å². The third-order valence-corrected chi connectivity index (χ3v) is 6.96. The maximum atomic E-state index is 11.7. The summed E-state index contributed by atoms with van der Waals surface area (Å²) in [6.07, 6.45) is 0. The van der Waals surface area contributed by atoms with Gasteiger partial charge in [-0.1, -0.05) is 49.3 Å². The predicted octanol–water partition coefficient (Wildman–Crippen LogP) is 5.08. The van der Waals surface area contributed by atoms with Gasteiger partial charge in [0.15, 0.2) is 0 Å². The SMILES string of the molecule is CC(C)C(OCCOCC(=O)OC(C)(C)C)SSC(OCCOCC(=O)OC(C)(C)C)C(C)C. The molecule has 0 fully saturated rings. The zero-order valence-corrected chi connectivity index (χ0v) is 24.3. The average Bonchev–Trinajstić information content (AvgIpc) is 2.64. The van der Waals surface area contributed by atoms with E-state index in [2.05, 4.69) is 27.7 Å². The van der Waals surface area contributed by atoms with E-state index in [4.69, 9.17) is 28.4 Å². The highest BCUT2D eigenvalue weighted by atomic mass is 33.1. The minimum Gasteiger partial charge on any atom is -0.458 e. The smallest absolute Gasteiger partial charge is 0.332 e. The lowest BCUT2D eigenvalue weighted by atomic mass is 10.2. The highest BCUT2D eigenvalue weighted by Gasteiger charge is 2.22. The molecule has 0 N–H and O–H groups in total. The molecule has 0 bridgehead atoms. The first-order chi connectivity index (χ1) is 15.6. The summed E-state index contributed by atoms with van der Waals surface area (Å²) >= 11 is 0. The van der Waals surface area contributed by atoms with E-state index in [9.17, 15) is 9.59 Å². The fourth-order valence-electron chi connectivity index (χ4n) is 2.27. The fourth-order valence-corrected chi connectivity index (χ4v) is 5.56.